The molecule has 0 spiro atoms. The van der Waals surface area contributed by atoms with Crippen LogP contribution in [0.25, 0.3) is 0 Å². The maximum absolute atomic E-state index is 5.55. The third kappa shape index (κ3) is 2.01. The predicted octanol–water partition coefficient (Wildman–Crippen LogP) is 2.95. The molecular weight excluding hydrogens is 148 g/mol. The van der Waals surface area contributed by atoms with E-state index in [1.54, 1.807) is 0 Å². The molecule has 0 amide bonds. The van der Waals surface area contributed by atoms with E-state index in [0.29, 0.717) is 0 Å². The van der Waals surface area contributed by atoms with Crippen LogP contribution < -0.4 is 0 Å². The van der Waals surface area contributed by atoms with Crippen molar-refractivity contribution in [1.82, 2.24) is 0 Å². The lowest BCUT2D eigenvalue weighted by molar-refractivity contribution is 0.171. The van der Waals surface area contributed by atoms with Crippen molar-refractivity contribution in [2.45, 2.75) is 34.1 Å². The lowest BCUT2D eigenvalue weighted by Gasteiger charge is -2.25. The second-order valence-corrected chi connectivity index (χ2v) is 4.49. The van der Waals surface area contributed by atoms with E-state index in [-0.39, 0.29) is 0 Å². The van der Waals surface area contributed by atoms with E-state index in [1.807, 2.05) is 0 Å². The van der Waals surface area contributed by atoms with Crippen molar-refractivity contribution in [3.63, 3.8) is 0 Å². The molecule has 3 unspecified atom stereocenters. The molecule has 0 bridgehead atoms. The van der Waals surface area contributed by atoms with Crippen LogP contribution in [0.2, 0.25) is 0 Å². The third-order valence-electron chi connectivity index (χ3n) is 3.40. The molecule has 1 aliphatic rings. The van der Waals surface area contributed by atoms with Gasteiger partial charge in [0.2, 0.25) is 0 Å². The van der Waals surface area contributed by atoms with Crippen LogP contribution >= 0.6 is 0 Å². The highest BCUT2D eigenvalue weighted by Crippen LogP contribution is 2.34. The highest BCUT2D eigenvalue weighted by Gasteiger charge is 2.33. The Bertz CT molecular complexity index is 131. The number of hydrogen-bond acceptors (Lipinski definition) is 1. The Labute approximate surface area is 76.5 Å². The van der Waals surface area contributed by atoms with Gasteiger partial charge < -0.3 is 4.74 Å². The van der Waals surface area contributed by atoms with Crippen LogP contribution in [0.4, 0.5) is 0 Å². The molecule has 1 nitrogen and oxygen atoms in total. The number of hydrogen-bond donors (Lipinski definition) is 0. The highest BCUT2D eigenvalue weighted by molar-refractivity contribution is 4.80. The zero-order chi connectivity index (χ0) is 9.14. The first-order chi connectivity index (χ1) is 5.66. The molecule has 3 atom stereocenters. The summed E-state index contributed by atoms with van der Waals surface area (Å²) in [6.45, 7) is 11.3. The molecule has 0 aromatic heterocycles. The van der Waals surface area contributed by atoms with Gasteiger partial charge in [0.25, 0.3) is 0 Å². The second kappa shape index (κ2) is 4.27. The average Bonchev–Trinajstić information content (AvgIpc) is 2.50. The lowest BCUT2D eigenvalue weighted by atomic mass is 9.78. The summed E-state index contributed by atoms with van der Waals surface area (Å²) in [4.78, 5) is 0. The molecule has 0 radical (unpaired) electrons. The summed E-state index contributed by atoms with van der Waals surface area (Å²) in [7, 11) is 0. The normalized spacial score (nSPS) is 32.8. The molecule has 0 aromatic rings. The second-order valence-electron chi connectivity index (χ2n) is 4.49. The van der Waals surface area contributed by atoms with Gasteiger partial charge in [-0.2, -0.15) is 0 Å². The summed E-state index contributed by atoms with van der Waals surface area (Å²) < 4.78 is 5.55. The fourth-order valence-electron chi connectivity index (χ4n) is 2.16. The first kappa shape index (κ1) is 10.0. The fraction of sp³-hybridized carbons (Fsp3) is 1.00. The van der Waals surface area contributed by atoms with Crippen molar-refractivity contribution < 1.29 is 4.74 Å². The molecule has 1 saturated heterocycles. The van der Waals surface area contributed by atoms with Crippen molar-refractivity contribution in [2.75, 3.05) is 13.2 Å². The van der Waals surface area contributed by atoms with Crippen molar-refractivity contribution in [3.05, 3.63) is 0 Å². The van der Waals surface area contributed by atoms with Gasteiger partial charge in [-0.1, -0.05) is 34.1 Å². The molecule has 1 rings (SSSR count). The van der Waals surface area contributed by atoms with E-state index >= 15 is 0 Å². The first-order valence-corrected chi connectivity index (χ1v) is 5.24. The van der Waals surface area contributed by atoms with Gasteiger partial charge in [0.1, 0.15) is 0 Å². The molecule has 0 N–H and O–H groups in total. The van der Waals surface area contributed by atoms with Crippen LogP contribution in [-0.4, -0.2) is 13.2 Å². The van der Waals surface area contributed by atoms with Crippen molar-refractivity contribution in [2.24, 2.45) is 23.7 Å². The van der Waals surface area contributed by atoms with E-state index < -0.39 is 0 Å². The standard InChI is InChI=1S/C11H22O/c1-5-9(4)11-7-12-6-10(11)8(2)3/h8-11H,5-7H2,1-4H3. The smallest absolute Gasteiger partial charge is 0.0500 e. The molecule has 0 aliphatic carbocycles. The van der Waals surface area contributed by atoms with Crippen LogP contribution in [0.3, 0.4) is 0 Å². The SMILES string of the molecule is CCC(C)C1COCC1C(C)C. The van der Waals surface area contributed by atoms with Gasteiger partial charge >= 0.3 is 0 Å². The molecule has 1 heterocycles. The van der Waals surface area contributed by atoms with Crippen LogP contribution in [-0.2, 0) is 4.74 Å². The van der Waals surface area contributed by atoms with Gasteiger partial charge in [-0.25, -0.2) is 0 Å². The first-order valence-electron chi connectivity index (χ1n) is 5.24. The molecule has 1 aliphatic heterocycles. The summed E-state index contributed by atoms with van der Waals surface area (Å²) in [6, 6.07) is 0. The Morgan fingerprint density at radius 2 is 1.75 bits per heavy atom. The molecule has 0 aromatic carbocycles. The summed E-state index contributed by atoms with van der Waals surface area (Å²) in [5.41, 5.74) is 0. The monoisotopic (exact) mass is 170 g/mol. The van der Waals surface area contributed by atoms with Gasteiger partial charge in [-0.3, -0.25) is 0 Å². The zero-order valence-corrected chi connectivity index (χ0v) is 8.84. The summed E-state index contributed by atoms with van der Waals surface area (Å²) in [6.07, 6.45) is 1.29. The molecular formula is C11H22O. The molecule has 12 heavy (non-hydrogen) atoms. The van der Waals surface area contributed by atoms with Gasteiger partial charge in [0, 0.05) is 6.61 Å². The molecule has 0 saturated carbocycles. The average molecular weight is 170 g/mol. The zero-order valence-electron chi connectivity index (χ0n) is 8.84. The van der Waals surface area contributed by atoms with E-state index in [0.717, 1.165) is 36.9 Å². The Hall–Kier alpha value is -0.0400. The van der Waals surface area contributed by atoms with Crippen LogP contribution in [0, 0.1) is 23.7 Å². The minimum atomic E-state index is 0.784. The van der Waals surface area contributed by atoms with Crippen molar-refractivity contribution >= 4 is 0 Å². The Morgan fingerprint density at radius 3 is 2.25 bits per heavy atom. The maximum Gasteiger partial charge on any atom is 0.0500 e. The van der Waals surface area contributed by atoms with Crippen LogP contribution in [0.5, 0.6) is 0 Å². The van der Waals surface area contributed by atoms with Crippen molar-refractivity contribution in [3.8, 4) is 0 Å². The van der Waals surface area contributed by atoms with Crippen LogP contribution in [0.1, 0.15) is 34.1 Å². The van der Waals surface area contributed by atoms with Gasteiger partial charge in [-0.15, -0.1) is 0 Å². The quantitative estimate of drug-likeness (QED) is 0.632. The molecule has 1 heteroatoms. The summed E-state index contributed by atoms with van der Waals surface area (Å²) in [5.74, 6) is 3.24. The predicted molar refractivity (Wildman–Crippen MR) is 52.1 cm³/mol. The maximum atomic E-state index is 5.55. The highest BCUT2D eigenvalue weighted by atomic mass is 16.5. The fourth-order valence-corrected chi connectivity index (χ4v) is 2.16. The van der Waals surface area contributed by atoms with Gasteiger partial charge in [0.15, 0.2) is 0 Å². The summed E-state index contributed by atoms with van der Waals surface area (Å²) >= 11 is 0. The molecule has 72 valence electrons. The third-order valence-corrected chi connectivity index (χ3v) is 3.40. The van der Waals surface area contributed by atoms with Crippen molar-refractivity contribution in [1.29, 1.82) is 0 Å². The van der Waals surface area contributed by atoms with Crippen LogP contribution in [0.15, 0.2) is 0 Å². The minimum Gasteiger partial charge on any atom is -0.381 e. The van der Waals surface area contributed by atoms with Gasteiger partial charge in [-0.05, 0) is 23.7 Å². The molecule has 1 fully saturated rings. The van der Waals surface area contributed by atoms with E-state index in [1.165, 1.54) is 6.42 Å². The number of rotatable bonds is 3. The number of ether oxygens (including phenoxy) is 1. The van der Waals surface area contributed by atoms with Gasteiger partial charge in [0.05, 0.1) is 6.61 Å². The van der Waals surface area contributed by atoms with E-state index in [2.05, 4.69) is 27.7 Å². The van der Waals surface area contributed by atoms with E-state index in [4.69, 9.17) is 4.74 Å². The minimum absolute atomic E-state index is 0.784. The largest absolute Gasteiger partial charge is 0.381 e. The Balaban J connectivity index is 2.51. The topological polar surface area (TPSA) is 9.23 Å². The van der Waals surface area contributed by atoms with E-state index in [9.17, 15) is 0 Å². The summed E-state index contributed by atoms with van der Waals surface area (Å²) in [5, 5.41) is 0. The Morgan fingerprint density at radius 1 is 1.17 bits per heavy atom. The lowest BCUT2D eigenvalue weighted by Crippen LogP contribution is -2.23. The Kier molecular flexibility index (Phi) is 3.57.